The smallest absolute Gasteiger partial charge is 0.245 e. The molecule has 2 aromatic carbocycles. The second-order valence-corrected chi connectivity index (χ2v) is 12.7. The highest BCUT2D eigenvalue weighted by atomic mass is 32.2. The number of benzene rings is 2. The summed E-state index contributed by atoms with van der Waals surface area (Å²) < 4.78 is 31.1. The Morgan fingerprint density at radius 1 is 1.10 bits per heavy atom. The van der Waals surface area contributed by atoms with Crippen LogP contribution in [0.2, 0.25) is 0 Å². The van der Waals surface area contributed by atoms with Crippen LogP contribution in [0.5, 0.6) is 5.75 Å². The summed E-state index contributed by atoms with van der Waals surface area (Å²) in [6, 6.07) is 15.8. The van der Waals surface area contributed by atoms with Gasteiger partial charge in [-0.05, 0) is 80.2 Å². The Morgan fingerprint density at radius 3 is 2.59 bits per heavy atom. The summed E-state index contributed by atoms with van der Waals surface area (Å²) in [5.74, 6) is 0.979. The van der Waals surface area contributed by atoms with Crippen molar-refractivity contribution in [3.05, 3.63) is 65.9 Å². The monoisotopic (exact) mass is 577 g/mol. The van der Waals surface area contributed by atoms with Crippen molar-refractivity contribution in [3.8, 4) is 17.0 Å². The van der Waals surface area contributed by atoms with Gasteiger partial charge in [0, 0.05) is 17.5 Å². The number of nitrogens with two attached hydrogens (primary N) is 1. The molecule has 0 bridgehead atoms. The molecule has 0 saturated carbocycles. The number of carbonyl (C=O) groups excluding carboxylic acids is 1. The molecule has 0 aliphatic carbocycles. The third-order valence-corrected chi connectivity index (χ3v) is 7.95. The molecule has 2 aromatic heterocycles. The van der Waals surface area contributed by atoms with Crippen molar-refractivity contribution < 1.29 is 17.9 Å². The highest BCUT2D eigenvalue weighted by molar-refractivity contribution is 7.90. The van der Waals surface area contributed by atoms with Crippen molar-refractivity contribution in [1.29, 1.82) is 0 Å². The van der Waals surface area contributed by atoms with E-state index in [1.54, 1.807) is 17.8 Å². The second-order valence-electron chi connectivity index (χ2n) is 10.5. The number of carbonyl (C=O) groups is 1. The molecule has 1 aliphatic rings. The van der Waals surface area contributed by atoms with E-state index < -0.39 is 9.84 Å². The molecule has 0 spiro atoms. The van der Waals surface area contributed by atoms with E-state index in [0.29, 0.717) is 29.8 Å². The van der Waals surface area contributed by atoms with Crippen LogP contribution in [-0.4, -0.2) is 72.7 Å². The first-order valence-corrected chi connectivity index (χ1v) is 15.5. The number of amides is 1. The minimum Gasteiger partial charge on any atom is -0.495 e. The van der Waals surface area contributed by atoms with Gasteiger partial charge in [0.25, 0.3) is 0 Å². The van der Waals surface area contributed by atoms with Crippen molar-refractivity contribution in [2.75, 3.05) is 49.5 Å². The Bertz CT molecular complexity index is 1680. The van der Waals surface area contributed by atoms with Gasteiger partial charge in [0.1, 0.15) is 11.6 Å². The fraction of sp³-hybridized carbons (Fsp3) is 0.345. The van der Waals surface area contributed by atoms with E-state index >= 15 is 0 Å². The number of aromatic nitrogens is 3. The van der Waals surface area contributed by atoms with Crippen LogP contribution in [0.1, 0.15) is 29.9 Å². The number of likely N-dealkylation sites (tertiary alicyclic amines) is 1. The van der Waals surface area contributed by atoms with Crippen molar-refractivity contribution in [3.63, 3.8) is 0 Å². The molecule has 1 fully saturated rings. The van der Waals surface area contributed by atoms with Gasteiger partial charge in [-0.15, -0.1) is 5.10 Å². The maximum atomic E-state index is 11.8. The lowest BCUT2D eigenvalue weighted by Gasteiger charge is -2.31. The highest BCUT2D eigenvalue weighted by Gasteiger charge is 2.22. The summed E-state index contributed by atoms with van der Waals surface area (Å²) in [5.41, 5.74) is 11.4. The zero-order valence-electron chi connectivity index (χ0n) is 23.4. The van der Waals surface area contributed by atoms with Crippen LogP contribution in [0.3, 0.4) is 0 Å². The topological polar surface area (TPSA) is 144 Å². The van der Waals surface area contributed by atoms with E-state index in [1.165, 1.54) is 11.8 Å². The molecule has 1 aliphatic heterocycles. The van der Waals surface area contributed by atoms with E-state index in [0.717, 1.165) is 54.0 Å². The molecule has 11 nitrogen and oxygen atoms in total. The zero-order chi connectivity index (χ0) is 29.1. The summed E-state index contributed by atoms with van der Waals surface area (Å²) in [5, 5.41) is 11.1. The van der Waals surface area contributed by atoms with Crippen LogP contribution in [0.4, 0.5) is 17.3 Å². The van der Waals surface area contributed by atoms with Crippen LogP contribution in [-0.2, 0) is 14.6 Å². The fourth-order valence-corrected chi connectivity index (χ4v) is 5.65. The van der Waals surface area contributed by atoms with Gasteiger partial charge in [-0.1, -0.05) is 18.2 Å². The fourth-order valence-electron chi connectivity index (χ4n) is 5.23. The maximum absolute atomic E-state index is 11.8. The molecule has 4 N–H and O–H groups in total. The molecular weight excluding hydrogens is 542 g/mol. The molecule has 12 heteroatoms. The summed E-state index contributed by atoms with van der Waals surface area (Å²) in [6.45, 7) is 3.92. The number of anilines is 3. The molecule has 1 amide bonds. The first kappa shape index (κ1) is 28.4. The number of piperidine rings is 1. The van der Waals surface area contributed by atoms with Gasteiger partial charge in [-0.2, -0.15) is 0 Å². The number of methoxy groups -OCH3 is 1. The Kier molecular flexibility index (Phi) is 8.13. The van der Waals surface area contributed by atoms with E-state index in [4.69, 9.17) is 15.6 Å². The third kappa shape index (κ3) is 6.77. The predicted molar refractivity (Wildman–Crippen MR) is 160 cm³/mol. The molecule has 0 unspecified atom stereocenters. The van der Waals surface area contributed by atoms with Crippen LogP contribution in [0.25, 0.3) is 16.8 Å². The number of nitrogens with zero attached hydrogens (tertiary/aromatic N) is 4. The number of nitrogens with one attached hydrogen (secondary N) is 2. The third-order valence-electron chi connectivity index (χ3n) is 7.28. The van der Waals surface area contributed by atoms with Gasteiger partial charge in [-0.25, -0.2) is 17.9 Å². The Balaban J connectivity index is 1.38. The molecule has 0 radical (unpaired) electrons. The first-order chi connectivity index (χ1) is 19.6. The van der Waals surface area contributed by atoms with Gasteiger partial charge in [0.2, 0.25) is 11.9 Å². The Morgan fingerprint density at radius 2 is 1.88 bits per heavy atom. The average molecular weight is 578 g/mol. The standard InChI is InChI=1S/C29H35N7O4S/c1-19-4-7-23(25(14-19)32-18-41(3,38)39)26-9-6-22-16-31-29(34-36(22)26)33-24-8-5-21(15-27(24)40-2)20-10-12-35(13-11-20)17-28(30)37/h4-9,14-16,20,32H,10-13,17-18H2,1-3H3,(H2,30,37)(H,33,34). The van der Waals surface area contributed by atoms with Gasteiger partial charge in [-0.3, -0.25) is 9.69 Å². The molecule has 4 aromatic rings. The number of fused-ring (bicyclic) bond motifs is 1. The van der Waals surface area contributed by atoms with E-state index in [-0.39, 0.29) is 11.8 Å². The molecule has 216 valence electrons. The largest absolute Gasteiger partial charge is 0.495 e. The second kappa shape index (κ2) is 11.8. The number of primary amides is 1. The van der Waals surface area contributed by atoms with Crippen LogP contribution in [0, 0.1) is 6.92 Å². The van der Waals surface area contributed by atoms with Crippen molar-refractivity contribution in [2.45, 2.75) is 25.7 Å². The molecule has 3 heterocycles. The minimum atomic E-state index is -3.21. The van der Waals surface area contributed by atoms with Crippen molar-refractivity contribution >= 4 is 38.6 Å². The Labute approximate surface area is 239 Å². The molecular formula is C29H35N7O4S. The number of ether oxygens (including phenoxy) is 1. The van der Waals surface area contributed by atoms with Crippen LogP contribution < -0.4 is 21.1 Å². The Hall–Kier alpha value is -4.16. The summed E-state index contributed by atoms with van der Waals surface area (Å²) >= 11 is 0. The number of sulfone groups is 1. The van der Waals surface area contributed by atoms with Crippen LogP contribution in [0.15, 0.2) is 54.7 Å². The highest BCUT2D eigenvalue weighted by Crippen LogP contribution is 2.35. The van der Waals surface area contributed by atoms with Gasteiger partial charge in [0.15, 0.2) is 9.84 Å². The van der Waals surface area contributed by atoms with Gasteiger partial charge in [0.05, 0.1) is 36.7 Å². The minimum absolute atomic E-state index is 0.170. The lowest BCUT2D eigenvalue weighted by Crippen LogP contribution is -2.39. The lowest BCUT2D eigenvalue weighted by molar-refractivity contribution is -0.119. The van der Waals surface area contributed by atoms with Crippen LogP contribution >= 0.6 is 0 Å². The lowest BCUT2D eigenvalue weighted by atomic mass is 9.89. The van der Waals surface area contributed by atoms with Gasteiger partial charge >= 0.3 is 0 Å². The maximum Gasteiger partial charge on any atom is 0.245 e. The number of aryl methyl sites for hydroxylation is 1. The summed E-state index contributed by atoms with van der Waals surface area (Å²) in [7, 11) is -1.58. The quantitative estimate of drug-likeness (QED) is 0.258. The zero-order valence-corrected chi connectivity index (χ0v) is 24.2. The SMILES string of the molecule is COc1cc(C2CCN(CC(N)=O)CC2)ccc1Nc1ncc2ccc(-c3ccc(C)cc3NCS(C)(=O)=O)n2n1. The average Bonchev–Trinajstić information content (AvgIpc) is 3.35. The molecule has 0 atom stereocenters. The van der Waals surface area contributed by atoms with E-state index in [2.05, 4.69) is 26.6 Å². The van der Waals surface area contributed by atoms with Crippen molar-refractivity contribution in [2.24, 2.45) is 5.73 Å². The molecule has 41 heavy (non-hydrogen) atoms. The van der Waals surface area contributed by atoms with Crippen molar-refractivity contribution in [1.82, 2.24) is 19.5 Å². The normalized spacial score (nSPS) is 14.7. The first-order valence-electron chi connectivity index (χ1n) is 13.4. The summed E-state index contributed by atoms with van der Waals surface area (Å²) in [6.07, 6.45) is 4.82. The number of rotatable bonds is 10. The molecule has 5 rings (SSSR count). The number of hydrogen-bond donors (Lipinski definition) is 3. The van der Waals surface area contributed by atoms with E-state index in [9.17, 15) is 13.2 Å². The summed E-state index contributed by atoms with van der Waals surface area (Å²) in [4.78, 5) is 17.8. The van der Waals surface area contributed by atoms with Gasteiger partial charge < -0.3 is 21.1 Å². The predicted octanol–water partition coefficient (Wildman–Crippen LogP) is 3.54. The number of hydrogen-bond acceptors (Lipinski definition) is 9. The molecule has 1 saturated heterocycles. The van der Waals surface area contributed by atoms with E-state index in [1.807, 2.05) is 49.4 Å².